The van der Waals surface area contributed by atoms with Crippen molar-refractivity contribution in [2.45, 2.75) is 78.6 Å². The first-order valence-corrected chi connectivity index (χ1v) is 7.44. The van der Waals surface area contributed by atoms with Gasteiger partial charge in [-0.25, -0.2) is 0 Å². The second-order valence-electron chi connectivity index (χ2n) is 8.84. The Balaban J connectivity index is 3.75. The number of anilines is 1. The van der Waals surface area contributed by atoms with Gasteiger partial charge in [-0.1, -0.05) is 74.4 Å². The van der Waals surface area contributed by atoms with E-state index in [2.05, 4.69) is 79.9 Å². The lowest BCUT2D eigenvalue weighted by molar-refractivity contribution is 0.550. The van der Waals surface area contributed by atoms with E-state index in [4.69, 9.17) is 5.84 Å². The smallest absolute Gasteiger partial charge is 0.0559 e. The lowest BCUT2D eigenvalue weighted by Crippen LogP contribution is -2.25. The molecule has 1 aromatic carbocycles. The van der Waals surface area contributed by atoms with Crippen molar-refractivity contribution < 1.29 is 0 Å². The van der Waals surface area contributed by atoms with Crippen molar-refractivity contribution in [2.24, 2.45) is 5.84 Å². The van der Waals surface area contributed by atoms with E-state index in [0.717, 1.165) is 5.69 Å². The van der Waals surface area contributed by atoms with Crippen molar-refractivity contribution >= 4 is 5.69 Å². The largest absolute Gasteiger partial charge is 0.324 e. The number of rotatable bonds is 1. The molecule has 114 valence electrons. The molecule has 0 aliphatic carbocycles. The zero-order chi connectivity index (χ0) is 15.9. The van der Waals surface area contributed by atoms with Crippen LogP contribution >= 0.6 is 0 Å². The predicted octanol–water partition coefficient (Wildman–Crippen LogP) is 4.86. The third-order valence-corrected chi connectivity index (χ3v) is 3.76. The van der Waals surface area contributed by atoms with Crippen LogP contribution in [0.5, 0.6) is 0 Å². The molecule has 0 heterocycles. The zero-order valence-electron chi connectivity index (χ0n) is 14.7. The van der Waals surface area contributed by atoms with Gasteiger partial charge in [-0.15, -0.1) is 0 Å². The fourth-order valence-electron chi connectivity index (χ4n) is 2.41. The van der Waals surface area contributed by atoms with Gasteiger partial charge in [-0.05, 0) is 32.9 Å². The Morgan fingerprint density at radius 1 is 0.700 bits per heavy atom. The van der Waals surface area contributed by atoms with Crippen LogP contribution in [0.4, 0.5) is 5.69 Å². The van der Waals surface area contributed by atoms with Gasteiger partial charge in [0, 0.05) is 0 Å². The second kappa shape index (κ2) is 5.07. The number of benzene rings is 1. The van der Waals surface area contributed by atoms with E-state index >= 15 is 0 Å². The maximum atomic E-state index is 5.85. The maximum absolute atomic E-state index is 5.85. The zero-order valence-corrected chi connectivity index (χ0v) is 14.7. The highest BCUT2D eigenvalue weighted by Gasteiger charge is 2.28. The standard InChI is InChI=1S/C18H32N2/c1-16(2,3)12-10-13(17(4,5)6)15(20-19)14(11-12)18(7,8)9/h10-11,20H,19H2,1-9H3. The lowest BCUT2D eigenvalue weighted by atomic mass is 9.74. The summed E-state index contributed by atoms with van der Waals surface area (Å²) in [5.74, 6) is 5.85. The summed E-state index contributed by atoms with van der Waals surface area (Å²) < 4.78 is 0. The molecule has 1 rings (SSSR count). The SMILES string of the molecule is CC(C)(C)c1cc(C(C)(C)C)c(NN)c(C(C)(C)C)c1. The van der Waals surface area contributed by atoms with Crippen molar-refractivity contribution in [3.8, 4) is 0 Å². The van der Waals surface area contributed by atoms with Gasteiger partial charge in [0.2, 0.25) is 0 Å². The highest BCUT2D eigenvalue weighted by atomic mass is 15.2. The van der Waals surface area contributed by atoms with E-state index in [1.165, 1.54) is 16.7 Å². The third-order valence-electron chi connectivity index (χ3n) is 3.76. The van der Waals surface area contributed by atoms with Gasteiger partial charge in [0.1, 0.15) is 0 Å². The van der Waals surface area contributed by atoms with Gasteiger partial charge >= 0.3 is 0 Å². The van der Waals surface area contributed by atoms with Crippen LogP contribution in [0.3, 0.4) is 0 Å². The van der Waals surface area contributed by atoms with Crippen molar-refractivity contribution in [1.29, 1.82) is 0 Å². The van der Waals surface area contributed by atoms with Crippen LogP contribution < -0.4 is 11.3 Å². The average molecular weight is 276 g/mol. The molecule has 20 heavy (non-hydrogen) atoms. The number of nitrogens with two attached hydrogens (primary N) is 1. The molecular formula is C18H32N2. The number of nitrogen functional groups attached to an aromatic ring is 1. The van der Waals surface area contributed by atoms with E-state index in [1.807, 2.05) is 0 Å². The van der Waals surface area contributed by atoms with Crippen LogP contribution in [0.15, 0.2) is 12.1 Å². The molecule has 0 aromatic heterocycles. The summed E-state index contributed by atoms with van der Waals surface area (Å²) in [6.07, 6.45) is 0. The molecule has 2 heteroatoms. The van der Waals surface area contributed by atoms with Crippen LogP contribution in [0, 0.1) is 0 Å². The number of hydrazine groups is 1. The van der Waals surface area contributed by atoms with E-state index < -0.39 is 0 Å². The predicted molar refractivity (Wildman–Crippen MR) is 90.4 cm³/mol. The Bertz CT molecular complexity index is 445. The summed E-state index contributed by atoms with van der Waals surface area (Å²) in [6, 6.07) is 4.62. The summed E-state index contributed by atoms with van der Waals surface area (Å²) in [5, 5.41) is 0. The summed E-state index contributed by atoms with van der Waals surface area (Å²) >= 11 is 0. The van der Waals surface area contributed by atoms with E-state index in [9.17, 15) is 0 Å². The summed E-state index contributed by atoms with van der Waals surface area (Å²) in [4.78, 5) is 0. The fraction of sp³-hybridized carbons (Fsp3) is 0.667. The second-order valence-corrected chi connectivity index (χ2v) is 8.84. The van der Waals surface area contributed by atoms with E-state index in [-0.39, 0.29) is 16.2 Å². The molecule has 0 aliphatic heterocycles. The minimum absolute atomic E-state index is 0.0585. The first-order valence-electron chi connectivity index (χ1n) is 7.44. The van der Waals surface area contributed by atoms with Crippen LogP contribution in [-0.2, 0) is 16.2 Å². The fourth-order valence-corrected chi connectivity index (χ4v) is 2.41. The molecule has 0 saturated heterocycles. The molecular weight excluding hydrogens is 244 g/mol. The topological polar surface area (TPSA) is 38.0 Å². The monoisotopic (exact) mass is 276 g/mol. The van der Waals surface area contributed by atoms with Gasteiger partial charge in [0.05, 0.1) is 5.69 Å². The van der Waals surface area contributed by atoms with Gasteiger partial charge in [-0.3, -0.25) is 5.84 Å². The Morgan fingerprint density at radius 3 is 1.25 bits per heavy atom. The molecule has 3 N–H and O–H groups in total. The van der Waals surface area contributed by atoms with E-state index in [0.29, 0.717) is 0 Å². The Morgan fingerprint density at radius 2 is 1.05 bits per heavy atom. The minimum Gasteiger partial charge on any atom is -0.324 e. The van der Waals surface area contributed by atoms with Gasteiger partial charge in [-0.2, -0.15) is 0 Å². The molecule has 0 spiro atoms. The Hall–Kier alpha value is -1.02. The number of hydrogen-bond donors (Lipinski definition) is 2. The Kier molecular flexibility index (Phi) is 4.32. The molecule has 1 aromatic rings. The highest BCUT2D eigenvalue weighted by Crippen LogP contribution is 2.40. The van der Waals surface area contributed by atoms with Crippen LogP contribution in [-0.4, -0.2) is 0 Å². The molecule has 0 bridgehead atoms. The van der Waals surface area contributed by atoms with Crippen LogP contribution in [0.2, 0.25) is 0 Å². The van der Waals surface area contributed by atoms with Gasteiger partial charge < -0.3 is 5.43 Å². The van der Waals surface area contributed by atoms with Gasteiger partial charge in [0.15, 0.2) is 0 Å². The quantitative estimate of drug-likeness (QED) is 0.567. The van der Waals surface area contributed by atoms with Crippen LogP contribution in [0.25, 0.3) is 0 Å². The minimum atomic E-state index is 0.0585. The molecule has 0 radical (unpaired) electrons. The third kappa shape index (κ3) is 3.54. The van der Waals surface area contributed by atoms with Crippen LogP contribution in [0.1, 0.15) is 79.0 Å². The Labute approximate surface area is 125 Å². The van der Waals surface area contributed by atoms with Gasteiger partial charge in [0.25, 0.3) is 0 Å². The van der Waals surface area contributed by atoms with Crippen molar-refractivity contribution in [1.82, 2.24) is 0 Å². The maximum Gasteiger partial charge on any atom is 0.0559 e. The summed E-state index contributed by atoms with van der Waals surface area (Å²) in [7, 11) is 0. The average Bonchev–Trinajstić information content (AvgIpc) is 2.23. The molecule has 0 amide bonds. The molecule has 0 fully saturated rings. The van der Waals surface area contributed by atoms with Crippen molar-refractivity contribution in [3.63, 3.8) is 0 Å². The molecule has 0 unspecified atom stereocenters. The molecule has 0 saturated carbocycles. The number of nitrogens with one attached hydrogen (secondary N) is 1. The molecule has 0 aliphatic rings. The summed E-state index contributed by atoms with van der Waals surface area (Å²) in [5.41, 5.74) is 8.23. The number of hydrogen-bond acceptors (Lipinski definition) is 2. The lowest BCUT2D eigenvalue weighted by Gasteiger charge is -2.33. The first kappa shape index (κ1) is 17.0. The normalized spacial score (nSPS) is 13.5. The molecule has 0 atom stereocenters. The summed E-state index contributed by atoms with van der Waals surface area (Å²) in [6.45, 7) is 20.2. The first-order chi connectivity index (χ1) is 8.78. The highest BCUT2D eigenvalue weighted by molar-refractivity contribution is 5.63. The van der Waals surface area contributed by atoms with E-state index in [1.54, 1.807) is 0 Å². The molecule has 2 nitrogen and oxygen atoms in total. The van der Waals surface area contributed by atoms with Crippen molar-refractivity contribution in [2.75, 3.05) is 5.43 Å². The van der Waals surface area contributed by atoms with Crippen molar-refractivity contribution in [3.05, 3.63) is 28.8 Å².